The van der Waals surface area contributed by atoms with E-state index in [2.05, 4.69) is 5.28 Å². The molecule has 9 nitrogen and oxygen atoms in total. The molecule has 0 aromatic heterocycles. The lowest BCUT2D eigenvalue weighted by molar-refractivity contribution is -0.712. The van der Waals surface area contributed by atoms with Gasteiger partial charge in [-0.05, 0) is 24.5 Å². The van der Waals surface area contributed by atoms with Crippen molar-refractivity contribution in [3.05, 3.63) is 41.1 Å². The summed E-state index contributed by atoms with van der Waals surface area (Å²) in [7, 11) is 1.29. The minimum Gasteiger partial charge on any atom is -0.569 e. The first-order valence-corrected chi connectivity index (χ1v) is 7.78. The molecule has 2 atom stereocenters. The Morgan fingerprint density at radius 2 is 1.88 bits per heavy atom. The minimum absolute atomic E-state index is 0.0218. The average molecular weight is 353 g/mol. The van der Waals surface area contributed by atoms with E-state index in [1.54, 1.807) is 30.3 Å². The Kier molecular flexibility index (Phi) is 7.64. The molecule has 1 unspecified atom stereocenters. The van der Waals surface area contributed by atoms with Crippen molar-refractivity contribution in [2.75, 3.05) is 7.05 Å². The third kappa shape index (κ3) is 6.66. The van der Waals surface area contributed by atoms with Crippen molar-refractivity contribution in [3.8, 4) is 0 Å². The van der Waals surface area contributed by atoms with Gasteiger partial charge in [-0.3, -0.25) is 4.84 Å². The number of rotatable bonds is 9. The van der Waals surface area contributed by atoms with Gasteiger partial charge in [-0.25, -0.2) is 9.59 Å². The van der Waals surface area contributed by atoms with Gasteiger partial charge < -0.3 is 15.1 Å². The van der Waals surface area contributed by atoms with Crippen LogP contribution < -0.4 is 0 Å². The first kappa shape index (κ1) is 20.2. The van der Waals surface area contributed by atoms with Gasteiger partial charge in [0, 0.05) is 6.92 Å². The maximum absolute atomic E-state index is 11.9. The zero-order valence-electron chi connectivity index (χ0n) is 14.7. The van der Waals surface area contributed by atoms with Gasteiger partial charge in [-0.2, -0.15) is 0 Å². The minimum atomic E-state index is -1.14. The van der Waals surface area contributed by atoms with Crippen LogP contribution in [-0.2, 0) is 14.4 Å². The van der Waals surface area contributed by atoms with Gasteiger partial charge in [-0.1, -0.05) is 32.0 Å². The summed E-state index contributed by atoms with van der Waals surface area (Å²) in [6.07, 6.45) is -0.857. The summed E-state index contributed by atoms with van der Waals surface area (Å²) < 4.78 is 4.98. The molecule has 0 saturated carbocycles. The Balaban J connectivity index is 2.63. The molecule has 138 valence electrons. The molecule has 0 saturated heterocycles. The third-order valence-corrected chi connectivity index (χ3v) is 3.25. The fourth-order valence-electron chi connectivity index (χ4n) is 1.96. The quantitative estimate of drug-likeness (QED) is 0.238. The lowest BCUT2D eigenvalue weighted by Gasteiger charge is -2.21. The van der Waals surface area contributed by atoms with Crippen LogP contribution in [0.15, 0.2) is 35.6 Å². The van der Waals surface area contributed by atoms with Crippen molar-refractivity contribution in [1.29, 1.82) is 0 Å². The van der Waals surface area contributed by atoms with Gasteiger partial charge in [0.15, 0.2) is 6.04 Å². The molecule has 0 aliphatic rings. The van der Waals surface area contributed by atoms with Gasteiger partial charge in [-0.15, -0.1) is 5.01 Å². The predicted octanol–water partition coefficient (Wildman–Crippen LogP) is 2.43. The van der Waals surface area contributed by atoms with E-state index in [0.717, 1.165) is 5.01 Å². The monoisotopic (exact) mass is 353 g/mol. The number of likely N-dealkylation sites (N-methyl/N-ethyl adjacent to an activating group) is 1. The van der Waals surface area contributed by atoms with Crippen LogP contribution in [0.4, 0.5) is 0 Å². The molecule has 0 fully saturated rings. The number of ether oxygens (including phenoxy) is 1. The van der Waals surface area contributed by atoms with Crippen molar-refractivity contribution >= 4 is 11.9 Å². The lowest BCUT2D eigenvalue weighted by atomic mass is 10.0. The van der Waals surface area contributed by atoms with E-state index in [-0.39, 0.29) is 17.3 Å². The zero-order chi connectivity index (χ0) is 19.0. The molecule has 0 radical (unpaired) electrons. The van der Waals surface area contributed by atoms with Crippen molar-refractivity contribution < 1.29 is 29.2 Å². The van der Waals surface area contributed by atoms with E-state index in [9.17, 15) is 19.9 Å². The van der Waals surface area contributed by atoms with Gasteiger partial charge in [0.1, 0.15) is 0 Å². The number of nitrogens with zero attached hydrogens (tertiary/aromatic N) is 3. The van der Waals surface area contributed by atoms with Crippen molar-refractivity contribution in [2.45, 2.75) is 39.5 Å². The van der Waals surface area contributed by atoms with E-state index in [1.165, 1.54) is 14.0 Å². The molecule has 0 aliphatic carbocycles. The van der Waals surface area contributed by atoms with Crippen LogP contribution in [0.25, 0.3) is 0 Å². The summed E-state index contributed by atoms with van der Waals surface area (Å²) in [6, 6.07) is 7.22. The Bertz CT molecular complexity index is 605. The number of carbonyl (C=O) groups excluding carboxylic acids is 1. The van der Waals surface area contributed by atoms with E-state index in [1.807, 2.05) is 13.8 Å². The summed E-state index contributed by atoms with van der Waals surface area (Å²) in [4.78, 5) is 27.9. The Labute approximate surface area is 146 Å². The number of benzene rings is 1. The number of aliphatic carboxylic acids is 1. The first-order valence-electron chi connectivity index (χ1n) is 7.78. The van der Waals surface area contributed by atoms with Crippen LogP contribution in [0.1, 0.15) is 37.6 Å². The van der Waals surface area contributed by atoms with Crippen LogP contribution in [0.3, 0.4) is 0 Å². The molecule has 25 heavy (non-hydrogen) atoms. The maximum atomic E-state index is 11.9. The first-order chi connectivity index (χ1) is 11.7. The molecule has 9 heteroatoms. The molecular formula is C16H23N3O6. The number of esters is 1. The van der Waals surface area contributed by atoms with Crippen molar-refractivity contribution in [3.63, 3.8) is 0 Å². The Hall–Kier alpha value is -2.84. The second-order valence-electron chi connectivity index (χ2n) is 5.84. The highest BCUT2D eigenvalue weighted by Crippen LogP contribution is 2.11. The van der Waals surface area contributed by atoms with E-state index in [4.69, 9.17) is 9.57 Å². The molecule has 0 bridgehead atoms. The highest BCUT2D eigenvalue weighted by atomic mass is 16.8. The maximum Gasteiger partial charge on any atom is 0.341 e. The molecule has 1 aromatic carbocycles. The van der Waals surface area contributed by atoms with Crippen LogP contribution in [-0.4, -0.2) is 46.4 Å². The van der Waals surface area contributed by atoms with Crippen molar-refractivity contribution in [2.24, 2.45) is 11.2 Å². The predicted molar refractivity (Wildman–Crippen MR) is 87.1 cm³/mol. The number of carbonyl (C=O) groups is 2. The number of carboxylic acids is 1. The molecule has 0 heterocycles. The summed E-state index contributed by atoms with van der Waals surface area (Å²) >= 11 is 0. The zero-order valence-corrected chi connectivity index (χ0v) is 14.7. The Morgan fingerprint density at radius 1 is 1.28 bits per heavy atom. The molecule has 1 rings (SSSR count). The number of carboxylic acid groups (broad SMARTS) is 1. The third-order valence-electron chi connectivity index (χ3n) is 3.25. The smallest absolute Gasteiger partial charge is 0.341 e. The second-order valence-corrected chi connectivity index (χ2v) is 5.84. The summed E-state index contributed by atoms with van der Waals surface area (Å²) in [5, 5.41) is 25.2. The Morgan fingerprint density at radius 3 is 2.40 bits per heavy atom. The van der Waals surface area contributed by atoms with Crippen LogP contribution in [0.2, 0.25) is 0 Å². The van der Waals surface area contributed by atoms with Crippen LogP contribution in [0.5, 0.6) is 0 Å². The standard InChI is InChI=1S/C16H23N3O6/c1-11(2)10-14(15(20)21)18(4)19(23)17-25-12(3)24-16(22)13-8-6-5-7-9-13/h5-9,11-12,14H,10H2,1-4H3,(H,20,21)/b19-17+/t12?,14-/m0/s1. The molecule has 1 N–H and O–H groups in total. The molecule has 0 amide bonds. The molecular weight excluding hydrogens is 330 g/mol. The summed E-state index contributed by atoms with van der Waals surface area (Å²) in [5.41, 5.74) is 0.330. The van der Waals surface area contributed by atoms with Gasteiger partial charge in [0.05, 0.1) is 17.6 Å². The summed E-state index contributed by atoms with van der Waals surface area (Å²) in [6.45, 7) is 5.08. The molecule has 1 aromatic rings. The highest BCUT2D eigenvalue weighted by Gasteiger charge is 2.29. The molecule has 0 spiro atoms. The second kappa shape index (κ2) is 9.45. The van der Waals surface area contributed by atoms with E-state index < -0.39 is 24.3 Å². The topological polar surface area (TPSA) is 114 Å². The number of hydrogen-bond acceptors (Lipinski definition) is 6. The van der Waals surface area contributed by atoms with Crippen LogP contribution >= 0.6 is 0 Å². The van der Waals surface area contributed by atoms with Crippen molar-refractivity contribution in [1.82, 2.24) is 5.01 Å². The van der Waals surface area contributed by atoms with Gasteiger partial charge >= 0.3 is 11.9 Å². The normalized spacial score (nSPS) is 13.9. The largest absolute Gasteiger partial charge is 0.569 e. The highest BCUT2D eigenvalue weighted by molar-refractivity contribution is 5.89. The number of hydrazine groups is 1. The molecule has 0 aliphatic heterocycles. The average Bonchev–Trinajstić information content (AvgIpc) is 2.57. The lowest BCUT2D eigenvalue weighted by Crippen LogP contribution is -2.43. The fourth-order valence-corrected chi connectivity index (χ4v) is 1.96. The van der Waals surface area contributed by atoms with Crippen LogP contribution in [0, 0.1) is 11.1 Å². The summed E-state index contributed by atoms with van der Waals surface area (Å²) in [5.74, 6) is -1.70. The van der Waals surface area contributed by atoms with E-state index in [0.29, 0.717) is 5.56 Å². The number of hydrogen-bond donors (Lipinski definition) is 1. The van der Waals surface area contributed by atoms with Gasteiger partial charge in [0.2, 0.25) is 5.28 Å². The van der Waals surface area contributed by atoms with Gasteiger partial charge in [0.25, 0.3) is 6.29 Å². The van der Waals surface area contributed by atoms with E-state index >= 15 is 0 Å². The fraction of sp³-hybridized carbons (Fsp3) is 0.500. The SMILES string of the molecule is CC(C)C[C@@H](C(=O)O)N(C)/[N+]([O-])=N\OC(C)OC(=O)c1ccccc1.